The molecular formula is C31H32F3N3O8S. The highest BCUT2D eigenvalue weighted by Crippen LogP contribution is 2.37. The van der Waals surface area contributed by atoms with E-state index in [0.717, 1.165) is 25.9 Å². The number of esters is 2. The van der Waals surface area contributed by atoms with E-state index in [1.807, 2.05) is 30.3 Å². The van der Waals surface area contributed by atoms with Gasteiger partial charge in [-0.05, 0) is 17.5 Å². The van der Waals surface area contributed by atoms with Gasteiger partial charge in [-0.3, -0.25) is 4.79 Å². The second kappa shape index (κ2) is 14.7. The molecule has 246 valence electrons. The number of methoxy groups -OCH3 is 2. The zero-order valence-corrected chi connectivity index (χ0v) is 25.8. The number of fused-ring (bicyclic) bond motifs is 3. The number of benzene rings is 1. The third-order valence-corrected chi connectivity index (χ3v) is 8.88. The number of carbonyl (C=O) groups excluding carboxylic acids is 4. The highest BCUT2D eigenvalue weighted by atomic mass is 32.1. The number of ether oxygens (including phenoxy) is 3. The maximum Gasteiger partial charge on any atom is 0.430 e. The highest BCUT2D eigenvalue weighted by molar-refractivity contribution is 7.12. The summed E-state index contributed by atoms with van der Waals surface area (Å²) >= 11 is 1.23. The average molecular weight is 664 g/mol. The number of alkyl halides is 3. The maximum absolute atomic E-state index is 13.7. The van der Waals surface area contributed by atoms with Gasteiger partial charge < -0.3 is 33.9 Å². The molecule has 6 rings (SSSR count). The van der Waals surface area contributed by atoms with Crippen molar-refractivity contribution < 1.29 is 56.1 Å². The Hall–Kier alpha value is -4.50. The Morgan fingerprint density at radius 2 is 1.74 bits per heavy atom. The Balaban J connectivity index is 0.000000617. The van der Waals surface area contributed by atoms with E-state index >= 15 is 0 Å². The van der Waals surface area contributed by atoms with Gasteiger partial charge in [0, 0.05) is 42.1 Å². The standard InChI is InChI=1S/C29H31N3O6S.C2HF3O2/c1-36-25-9-8-21(16-30-25)26(31-22-12-15-39-27(22)29(35)37-2)28(34)38-24-18-32(13-10-20(24)11-14-32)17-23(33)19-6-4-3-5-7-19;3-2(4,5)1(6)7/h3-9,12,15-16,20,24,26H,10-11,13-14,17-18H2,1-2H3;(H,6,7)/t20?,24-,26?,32?;/m0./s1. The molecule has 15 heteroatoms. The number of hydrogen-bond acceptors (Lipinski definition) is 11. The molecule has 3 fully saturated rings. The van der Waals surface area contributed by atoms with E-state index in [1.54, 1.807) is 29.8 Å². The smallest absolute Gasteiger partial charge is 0.430 e. The fraction of sp³-hybridized carbons (Fsp3) is 0.387. The largest absolute Gasteiger partial charge is 0.542 e. The predicted octanol–water partition coefficient (Wildman–Crippen LogP) is 3.43. The number of carboxylic acid groups (broad SMARTS) is 1. The molecule has 0 spiro atoms. The minimum atomic E-state index is -5.19. The van der Waals surface area contributed by atoms with E-state index in [0.29, 0.717) is 45.1 Å². The topological polar surface area (TPSA) is 144 Å². The first kappa shape index (κ1) is 34.4. The number of rotatable bonds is 10. The molecular weight excluding hydrogens is 631 g/mol. The van der Waals surface area contributed by atoms with E-state index in [4.69, 9.17) is 24.1 Å². The Kier molecular flexibility index (Phi) is 11.0. The molecule has 0 aliphatic carbocycles. The molecule has 0 saturated carbocycles. The molecule has 3 aliphatic rings. The number of hydrogen-bond donors (Lipinski definition) is 1. The monoisotopic (exact) mass is 663 g/mol. The number of halogens is 3. The summed E-state index contributed by atoms with van der Waals surface area (Å²) in [6, 6.07) is 13.6. The predicted molar refractivity (Wildman–Crippen MR) is 157 cm³/mol. The molecule has 46 heavy (non-hydrogen) atoms. The number of anilines is 1. The summed E-state index contributed by atoms with van der Waals surface area (Å²) in [5.41, 5.74) is 1.77. The van der Waals surface area contributed by atoms with E-state index in [-0.39, 0.29) is 17.8 Å². The van der Waals surface area contributed by atoms with Gasteiger partial charge in [0.2, 0.25) is 11.7 Å². The molecule has 2 atom stereocenters. The van der Waals surface area contributed by atoms with Crippen LogP contribution in [0.25, 0.3) is 0 Å². The maximum atomic E-state index is 13.7. The van der Waals surface area contributed by atoms with Crippen LogP contribution in [-0.4, -0.2) is 85.8 Å². The van der Waals surface area contributed by atoms with Crippen LogP contribution < -0.4 is 15.2 Å². The van der Waals surface area contributed by atoms with Gasteiger partial charge in [-0.1, -0.05) is 30.3 Å². The van der Waals surface area contributed by atoms with E-state index in [1.165, 1.54) is 25.6 Å². The Bertz CT molecular complexity index is 1520. The van der Waals surface area contributed by atoms with Gasteiger partial charge in [-0.2, -0.15) is 13.2 Å². The lowest BCUT2D eigenvalue weighted by Gasteiger charge is -2.51. The lowest BCUT2D eigenvalue weighted by molar-refractivity contribution is -0.938. The molecule has 1 N–H and O–H groups in total. The van der Waals surface area contributed by atoms with Crippen molar-refractivity contribution in [2.75, 3.05) is 45.7 Å². The third kappa shape index (κ3) is 8.40. The van der Waals surface area contributed by atoms with E-state index < -0.39 is 30.1 Å². The van der Waals surface area contributed by atoms with Crippen molar-refractivity contribution in [3.8, 4) is 5.88 Å². The molecule has 3 aliphatic heterocycles. The number of quaternary nitrogens is 1. The molecule has 3 saturated heterocycles. The van der Waals surface area contributed by atoms with Crippen LogP contribution in [0.15, 0.2) is 60.1 Å². The van der Waals surface area contributed by atoms with Gasteiger partial charge >= 0.3 is 18.1 Å². The zero-order chi connectivity index (χ0) is 33.5. The van der Waals surface area contributed by atoms with Crippen molar-refractivity contribution in [2.24, 2.45) is 5.92 Å². The summed E-state index contributed by atoms with van der Waals surface area (Å²) in [6.07, 6.45) is -2.13. The van der Waals surface area contributed by atoms with Gasteiger partial charge in [0.15, 0.2) is 12.1 Å². The molecule has 2 aromatic heterocycles. The SMILES string of the molecule is COC(=O)c1sccc1NC(C(=O)O[C@H]1C[N+]2(CC(=O)c3ccccc3)CCC1CC2)c1ccc(OC)nc1.O=C([O-])C(F)(F)F. The van der Waals surface area contributed by atoms with Crippen molar-refractivity contribution in [3.63, 3.8) is 0 Å². The number of nitrogens with zero attached hydrogens (tertiary/aromatic N) is 2. The van der Waals surface area contributed by atoms with Gasteiger partial charge in [0.1, 0.15) is 23.9 Å². The molecule has 2 bridgehead atoms. The van der Waals surface area contributed by atoms with Gasteiger partial charge in [0.05, 0.1) is 33.0 Å². The van der Waals surface area contributed by atoms with Crippen molar-refractivity contribution in [1.29, 1.82) is 0 Å². The second-order valence-corrected chi connectivity index (χ2v) is 11.8. The van der Waals surface area contributed by atoms with Crippen molar-refractivity contribution in [2.45, 2.75) is 31.2 Å². The summed E-state index contributed by atoms with van der Waals surface area (Å²) in [5.74, 6) is -3.18. The van der Waals surface area contributed by atoms with Crippen molar-refractivity contribution >= 4 is 40.7 Å². The first-order valence-electron chi connectivity index (χ1n) is 14.2. The lowest BCUT2D eigenvalue weighted by Crippen LogP contribution is -2.65. The number of Topliss-reactive ketones (excluding diaryl/α,β-unsaturated/α-hetero) is 1. The number of thiophene rings is 1. The molecule has 3 aromatic rings. The van der Waals surface area contributed by atoms with Gasteiger partial charge in [0.25, 0.3) is 0 Å². The molecule has 0 amide bonds. The fourth-order valence-electron chi connectivity index (χ4n) is 5.60. The number of carboxylic acids is 1. The number of pyridine rings is 1. The van der Waals surface area contributed by atoms with Crippen LogP contribution in [0.1, 0.15) is 44.5 Å². The first-order chi connectivity index (χ1) is 21.9. The van der Waals surface area contributed by atoms with Crippen LogP contribution in [-0.2, 0) is 19.1 Å². The first-order valence-corrected chi connectivity index (χ1v) is 15.1. The fourth-order valence-corrected chi connectivity index (χ4v) is 6.38. The number of aliphatic carboxylic acids is 1. The van der Waals surface area contributed by atoms with Gasteiger partial charge in [-0.15, -0.1) is 11.3 Å². The van der Waals surface area contributed by atoms with Crippen LogP contribution in [0.4, 0.5) is 18.9 Å². The number of nitrogens with one attached hydrogen (secondary N) is 1. The number of aromatic nitrogens is 1. The van der Waals surface area contributed by atoms with Crippen LogP contribution in [0.5, 0.6) is 5.88 Å². The quantitative estimate of drug-likeness (QED) is 0.195. The lowest BCUT2D eigenvalue weighted by atomic mass is 9.82. The molecule has 1 unspecified atom stereocenters. The van der Waals surface area contributed by atoms with Crippen LogP contribution in [0.2, 0.25) is 0 Å². The summed E-state index contributed by atoms with van der Waals surface area (Å²) in [6.45, 7) is 2.80. The minimum absolute atomic E-state index is 0.109. The molecule has 11 nitrogen and oxygen atoms in total. The normalized spacial score (nSPS) is 20.8. The van der Waals surface area contributed by atoms with E-state index in [9.17, 15) is 27.6 Å². The number of piperidine rings is 3. The minimum Gasteiger partial charge on any atom is -0.542 e. The Morgan fingerprint density at radius 1 is 1.07 bits per heavy atom. The molecule has 5 heterocycles. The Morgan fingerprint density at radius 3 is 2.30 bits per heavy atom. The zero-order valence-electron chi connectivity index (χ0n) is 25.0. The van der Waals surface area contributed by atoms with Crippen LogP contribution >= 0.6 is 11.3 Å². The summed E-state index contributed by atoms with van der Waals surface area (Å²) in [5, 5.41) is 13.7. The van der Waals surface area contributed by atoms with Crippen molar-refractivity contribution in [1.82, 2.24) is 4.98 Å². The van der Waals surface area contributed by atoms with Crippen molar-refractivity contribution in [3.05, 3.63) is 76.1 Å². The number of carbonyl (C=O) groups is 4. The summed E-state index contributed by atoms with van der Waals surface area (Å²) < 4.78 is 48.4. The van der Waals surface area contributed by atoms with E-state index in [2.05, 4.69) is 10.3 Å². The summed E-state index contributed by atoms with van der Waals surface area (Å²) in [4.78, 5) is 52.5. The Labute approximate surface area is 266 Å². The van der Waals surface area contributed by atoms with Crippen LogP contribution in [0.3, 0.4) is 0 Å². The average Bonchev–Trinajstić information content (AvgIpc) is 3.52. The second-order valence-electron chi connectivity index (χ2n) is 10.9. The molecule has 1 aromatic carbocycles. The molecule has 0 radical (unpaired) electrons. The third-order valence-electron chi connectivity index (χ3n) is 7.99. The highest BCUT2D eigenvalue weighted by Gasteiger charge is 2.49. The van der Waals surface area contributed by atoms with Crippen LogP contribution in [0, 0.1) is 5.92 Å². The summed E-state index contributed by atoms with van der Waals surface area (Å²) in [7, 11) is 2.84. The number of ketones is 1. The van der Waals surface area contributed by atoms with Gasteiger partial charge in [-0.25, -0.2) is 14.6 Å².